The second-order valence-electron chi connectivity index (χ2n) is 4.83. The summed E-state index contributed by atoms with van der Waals surface area (Å²) in [6.07, 6.45) is -4.17. The van der Waals surface area contributed by atoms with Gasteiger partial charge in [-0.15, -0.1) is 11.6 Å². The average Bonchev–Trinajstić information content (AvgIpc) is 2.37. The van der Waals surface area contributed by atoms with Crippen LogP contribution in [-0.2, 0) is 5.88 Å². The molecule has 0 unspecified atom stereocenters. The number of hydrogen-bond donors (Lipinski definition) is 0. The highest BCUT2D eigenvalue weighted by atomic mass is 35.5. The minimum atomic E-state index is -4.17. The van der Waals surface area contributed by atoms with Crippen molar-refractivity contribution >= 4 is 17.3 Å². The molecule has 1 aliphatic rings. The van der Waals surface area contributed by atoms with Gasteiger partial charge in [0, 0.05) is 37.7 Å². The molecule has 0 radical (unpaired) electrons. The van der Waals surface area contributed by atoms with Gasteiger partial charge in [0.05, 0.1) is 6.54 Å². The minimum Gasteiger partial charge on any atom is -0.369 e. The lowest BCUT2D eigenvalue weighted by atomic mass is 10.2. The Labute approximate surface area is 119 Å². The predicted molar refractivity (Wildman–Crippen MR) is 70.7 cm³/mol. The van der Waals surface area contributed by atoms with E-state index in [0.717, 1.165) is 0 Å². The standard InChI is InChI=1S/C13H15ClF4N2/c14-8-10-5-11(15)7-12(6-10)20-3-1-19(2-4-20)9-13(16,17)18/h5-7H,1-4,8-9H2. The first-order valence-corrected chi connectivity index (χ1v) is 6.80. The lowest BCUT2D eigenvalue weighted by Gasteiger charge is -2.36. The number of piperazine rings is 1. The van der Waals surface area contributed by atoms with Gasteiger partial charge in [0.2, 0.25) is 0 Å². The van der Waals surface area contributed by atoms with Crippen molar-refractivity contribution < 1.29 is 17.6 Å². The first-order valence-electron chi connectivity index (χ1n) is 6.27. The molecule has 0 aliphatic carbocycles. The molecule has 0 N–H and O–H groups in total. The van der Waals surface area contributed by atoms with E-state index in [-0.39, 0.29) is 11.7 Å². The van der Waals surface area contributed by atoms with Crippen LogP contribution in [0.25, 0.3) is 0 Å². The predicted octanol–water partition coefficient (Wildman–Crippen LogP) is 3.25. The van der Waals surface area contributed by atoms with Crippen LogP contribution in [0.5, 0.6) is 0 Å². The molecule has 20 heavy (non-hydrogen) atoms. The van der Waals surface area contributed by atoms with Crippen molar-refractivity contribution in [1.29, 1.82) is 0 Å². The Morgan fingerprint density at radius 3 is 2.25 bits per heavy atom. The van der Waals surface area contributed by atoms with E-state index in [2.05, 4.69) is 0 Å². The molecule has 1 saturated heterocycles. The van der Waals surface area contributed by atoms with Gasteiger partial charge in [-0.1, -0.05) is 0 Å². The van der Waals surface area contributed by atoms with Gasteiger partial charge in [-0.05, 0) is 23.8 Å². The maximum Gasteiger partial charge on any atom is 0.401 e. The lowest BCUT2D eigenvalue weighted by molar-refractivity contribution is -0.146. The molecule has 1 aromatic carbocycles. The average molecular weight is 311 g/mol. The van der Waals surface area contributed by atoms with Gasteiger partial charge in [-0.2, -0.15) is 13.2 Å². The quantitative estimate of drug-likeness (QED) is 0.624. The van der Waals surface area contributed by atoms with Crippen molar-refractivity contribution in [3.05, 3.63) is 29.6 Å². The molecule has 7 heteroatoms. The molecule has 2 rings (SSSR count). The molecule has 2 nitrogen and oxygen atoms in total. The minimum absolute atomic E-state index is 0.207. The van der Waals surface area contributed by atoms with Crippen molar-refractivity contribution in [1.82, 2.24) is 4.90 Å². The zero-order chi connectivity index (χ0) is 14.8. The summed E-state index contributed by atoms with van der Waals surface area (Å²) in [6.45, 7) is 0.623. The molecule has 0 spiro atoms. The first kappa shape index (κ1) is 15.4. The zero-order valence-electron chi connectivity index (χ0n) is 10.8. The Hall–Kier alpha value is -1.01. The molecular formula is C13H15ClF4N2. The van der Waals surface area contributed by atoms with E-state index in [4.69, 9.17) is 11.6 Å². The SMILES string of the molecule is Fc1cc(CCl)cc(N2CCN(CC(F)(F)F)CC2)c1. The first-order chi connectivity index (χ1) is 9.37. The molecule has 112 valence electrons. The molecule has 0 saturated carbocycles. The summed E-state index contributed by atoms with van der Waals surface area (Å²) in [5.74, 6) is -0.172. The Kier molecular flexibility index (Phi) is 4.75. The van der Waals surface area contributed by atoms with Crippen LogP contribution in [0.1, 0.15) is 5.56 Å². The number of halogens is 5. The van der Waals surface area contributed by atoms with Crippen LogP contribution >= 0.6 is 11.6 Å². The number of alkyl halides is 4. The second-order valence-corrected chi connectivity index (χ2v) is 5.10. The summed E-state index contributed by atoms with van der Waals surface area (Å²) in [7, 11) is 0. The molecular weight excluding hydrogens is 296 g/mol. The molecule has 0 atom stereocenters. The van der Waals surface area contributed by atoms with E-state index in [1.165, 1.54) is 17.0 Å². The van der Waals surface area contributed by atoms with Gasteiger partial charge in [0.15, 0.2) is 0 Å². The van der Waals surface area contributed by atoms with Gasteiger partial charge < -0.3 is 4.90 Å². The van der Waals surface area contributed by atoms with E-state index in [9.17, 15) is 17.6 Å². The van der Waals surface area contributed by atoms with Crippen LogP contribution in [0.3, 0.4) is 0 Å². The maximum absolute atomic E-state index is 13.4. The smallest absolute Gasteiger partial charge is 0.369 e. The topological polar surface area (TPSA) is 6.48 Å². The van der Waals surface area contributed by atoms with Crippen molar-refractivity contribution in [3.63, 3.8) is 0 Å². The molecule has 1 aliphatic heterocycles. The highest BCUT2D eigenvalue weighted by Gasteiger charge is 2.32. The number of anilines is 1. The monoisotopic (exact) mass is 310 g/mol. The third kappa shape index (κ3) is 4.24. The molecule has 0 bridgehead atoms. The largest absolute Gasteiger partial charge is 0.401 e. The van der Waals surface area contributed by atoms with Gasteiger partial charge in [-0.25, -0.2) is 4.39 Å². The summed E-state index contributed by atoms with van der Waals surface area (Å²) < 4.78 is 50.3. The Morgan fingerprint density at radius 1 is 1.05 bits per heavy atom. The molecule has 1 heterocycles. The fraction of sp³-hybridized carbons (Fsp3) is 0.538. The lowest BCUT2D eigenvalue weighted by Crippen LogP contribution is -2.49. The highest BCUT2D eigenvalue weighted by molar-refractivity contribution is 6.17. The molecule has 0 aromatic heterocycles. The van der Waals surface area contributed by atoms with E-state index in [1.807, 2.05) is 4.90 Å². The Balaban J connectivity index is 1.98. The fourth-order valence-electron chi connectivity index (χ4n) is 2.31. The normalized spacial score (nSPS) is 17.6. The van der Waals surface area contributed by atoms with Crippen molar-refractivity contribution in [3.8, 4) is 0 Å². The summed E-state index contributed by atoms with van der Waals surface area (Å²) >= 11 is 5.69. The number of rotatable bonds is 3. The number of benzene rings is 1. The van der Waals surface area contributed by atoms with Gasteiger partial charge in [0.25, 0.3) is 0 Å². The van der Waals surface area contributed by atoms with E-state index >= 15 is 0 Å². The van der Waals surface area contributed by atoms with Crippen molar-refractivity contribution in [2.24, 2.45) is 0 Å². The van der Waals surface area contributed by atoms with Crippen LogP contribution in [0.15, 0.2) is 18.2 Å². The maximum atomic E-state index is 13.4. The summed E-state index contributed by atoms with van der Waals surface area (Å²) in [6, 6.07) is 4.52. The Bertz CT molecular complexity index is 456. The van der Waals surface area contributed by atoms with Crippen molar-refractivity contribution in [2.75, 3.05) is 37.6 Å². The molecule has 1 fully saturated rings. The highest BCUT2D eigenvalue weighted by Crippen LogP contribution is 2.23. The fourth-order valence-corrected chi connectivity index (χ4v) is 2.47. The van der Waals surface area contributed by atoms with E-state index < -0.39 is 12.7 Å². The van der Waals surface area contributed by atoms with Crippen molar-refractivity contribution in [2.45, 2.75) is 12.1 Å². The summed E-state index contributed by atoms with van der Waals surface area (Å²) in [5.41, 5.74) is 1.34. The van der Waals surface area contributed by atoms with Gasteiger partial charge in [-0.3, -0.25) is 4.90 Å². The molecule has 0 amide bonds. The Morgan fingerprint density at radius 2 is 1.70 bits per heavy atom. The van der Waals surface area contributed by atoms with Gasteiger partial charge in [0.1, 0.15) is 5.82 Å². The van der Waals surface area contributed by atoms with Crippen LogP contribution in [-0.4, -0.2) is 43.8 Å². The van der Waals surface area contributed by atoms with Crippen LogP contribution < -0.4 is 4.90 Å². The second kappa shape index (κ2) is 6.18. The van der Waals surface area contributed by atoms with E-state index in [1.54, 1.807) is 6.07 Å². The van der Waals surface area contributed by atoms with E-state index in [0.29, 0.717) is 37.4 Å². The van der Waals surface area contributed by atoms with Crippen LogP contribution in [0.2, 0.25) is 0 Å². The zero-order valence-corrected chi connectivity index (χ0v) is 11.5. The summed E-state index contributed by atoms with van der Waals surface area (Å²) in [5, 5.41) is 0. The third-order valence-electron chi connectivity index (χ3n) is 3.24. The van der Waals surface area contributed by atoms with Crippen LogP contribution in [0, 0.1) is 5.82 Å². The van der Waals surface area contributed by atoms with Crippen LogP contribution in [0.4, 0.5) is 23.2 Å². The third-order valence-corrected chi connectivity index (χ3v) is 3.55. The summed E-state index contributed by atoms with van der Waals surface area (Å²) in [4.78, 5) is 3.24. The number of hydrogen-bond acceptors (Lipinski definition) is 2. The van der Waals surface area contributed by atoms with Gasteiger partial charge >= 0.3 is 6.18 Å². The number of nitrogens with zero attached hydrogens (tertiary/aromatic N) is 2. The molecule has 1 aromatic rings.